The van der Waals surface area contributed by atoms with E-state index in [2.05, 4.69) is 4.98 Å². The summed E-state index contributed by atoms with van der Waals surface area (Å²) >= 11 is 0. The van der Waals surface area contributed by atoms with Crippen LogP contribution < -0.4 is 5.46 Å². The molecular weight excluding hydrogens is 272 g/mol. The zero-order valence-corrected chi connectivity index (χ0v) is 10.9. The Kier molecular flexibility index (Phi) is 3.56. The predicted molar refractivity (Wildman–Crippen MR) is 77.2 cm³/mol. The molecule has 0 bridgehead atoms. The Morgan fingerprint density at radius 1 is 1.00 bits per heavy atom. The molecule has 0 aliphatic carbocycles. The van der Waals surface area contributed by atoms with Crippen molar-refractivity contribution in [1.82, 2.24) is 4.98 Å². The van der Waals surface area contributed by atoms with Crippen molar-refractivity contribution in [3.05, 3.63) is 60.5 Å². The Morgan fingerprint density at radius 3 is 2.43 bits per heavy atom. The van der Waals surface area contributed by atoms with Gasteiger partial charge in [-0.15, -0.1) is 0 Å². The van der Waals surface area contributed by atoms with Gasteiger partial charge in [-0.25, -0.2) is 9.37 Å². The molecule has 0 radical (unpaired) electrons. The van der Waals surface area contributed by atoms with Crippen LogP contribution in [0.5, 0.6) is 0 Å². The zero-order valence-electron chi connectivity index (χ0n) is 10.9. The second-order valence-electron chi connectivity index (χ2n) is 4.51. The van der Waals surface area contributed by atoms with E-state index in [0.29, 0.717) is 11.3 Å². The van der Waals surface area contributed by atoms with Crippen LogP contribution in [0.1, 0.15) is 0 Å². The van der Waals surface area contributed by atoms with E-state index in [1.165, 1.54) is 12.1 Å². The van der Waals surface area contributed by atoms with E-state index < -0.39 is 12.9 Å². The topological polar surface area (TPSA) is 66.5 Å². The molecule has 0 atom stereocenters. The number of nitrogens with zero attached hydrogens (tertiary/aromatic N) is 1. The Morgan fingerprint density at radius 2 is 1.76 bits per heavy atom. The second-order valence-corrected chi connectivity index (χ2v) is 4.51. The second kappa shape index (κ2) is 5.51. The highest BCUT2D eigenvalue weighted by Crippen LogP contribution is 2.25. The fraction of sp³-hybridized carbons (Fsp3) is 0. The summed E-state index contributed by atoms with van der Waals surface area (Å²) in [4.78, 5) is 4.12. The lowest BCUT2D eigenvalue weighted by Gasteiger charge is -2.03. The standard InChI is InChI=1S/C15H11BFNO3/c17-13-8-11(6-7-12(13)16(19)20)15-18-9-14(21-15)10-4-2-1-3-5-10/h1-9,19-20H. The maximum atomic E-state index is 13.7. The van der Waals surface area contributed by atoms with E-state index in [9.17, 15) is 4.39 Å². The molecule has 1 heterocycles. The Bertz CT molecular complexity index is 759. The van der Waals surface area contributed by atoms with Crippen molar-refractivity contribution < 1.29 is 18.9 Å². The van der Waals surface area contributed by atoms with Gasteiger partial charge in [-0.2, -0.15) is 0 Å². The molecule has 4 nitrogen and oxygen atoms in total. The third-order valence-electron chi connectivity index (χ3n) is 3.09. The first-order chi connectivity index (χ1) is 10.1. The SMILES string of the molecule is OB(O)c1ccc(-c2ncc(-c3ccccc3)o2)cc1F. The molecule has 0 aliphatic rings. The summed E-state index contributed by atoms with van der Waals surface area (Å²) in [6.45, 7) is 0. The summed E-state index contributed by atoms with van der Waals surface area (Å²) in [7, 11) is -1.84. The maximum Gasteiger partial charge on any atom is 0.491 e. The van der Waals surface area contributed by atoms with E-state index in [1.54, 1.807) is 6.20 Å². The maximum absolute atomic E-state index is 13.7. The van der Waals surface area contributed by atoms with Gasteiger partial charge in [0.25, 0.3) is 0 Å². The first-order valence-electron chi connectivity index (χ1n) is 6.32. The van der Waals surface area contributed by atoms with Crippen molar-refractivity contribution in [2.24, 2.45) is 0 Å². The average molecular weight is 283 g/mol. The molecule has 0 saturated heterocycles. The number of benzene rings is 2. The van der Waals surface area contributed by atoms with Gasteiger partial charge in [-0.3, -0.25) is 0 Å². The summed E-state index contributed by atoms with van der Waals surface area (Å²) in [6, 6.07) is 13.4. The van der Waals surface area contributed by atoms with E-state index >= 15 is 0 Å². The van der Waals surface area contributed by atoms with Gasteiger partial charge in [-0.05, 0) is 12.1 Å². The molecule has 0 unspecified atom stereocenters. The molecule has 2 aromatic carbocycles. The minimum absolute atomic E-state index is 0.186. The third kappa shape index (κ3) is 2.72. The molecular formula is C15H11BFNO3. The number of halogens is 1. The highest BCUT2D eigenvalue weighted by molar-refractivity contribution is 6.58. The van der Waals surface area contributed by atoms with Gasteiger partial charge >= 0.3 is 7.12 Å². The fourth-order valence-corrected chi connectivity index (χ4v) is 2.01. The van der Waals surface area contributed by atoms with Gasteiger partial charge < -0.3 is 14.5 Å². The van der Waals surface area contributed by atoms with Crippen LogP contribution in [0.3, 0.4) is 0 Å². The van der Waals surface area contributed by atoms with Crippen molar-refractivity contribution in [2.45, 2.75) is 0 Å². The first kappa shape index (κ1) is 13.5. The summed E-state index contributed by atoms with van der Waals surface area (Å²) in [5.74, 6) is 0.131. The molecule has 21 heavy (non-hydrogen) atoms. The van der Waals surface area contributed by atoms with E-state index in [1.807, 2.05) is 30.3 Å². The van der Waals surface area contributed by atoms with Crippen LogP contribution in [0, 0.1) is 5.82 Å². The van der Waals surface area contributed by atoms with Crippen LogP contribution in [0.2, 0.25) is 0 Å². The van der Waals surface area contributed by atoms with Crippen molar-refractivity contribution in [2.75, 3.05) is 0 Å². The molecule has 0 spiro atoms. The van der Waals surface area contributed by atoms with Gasteiger partial charge in [0.1, 0.15) is 5.82 Å². The van der Waals surface area contributed by atoms with Gasteiger partial charge in [0.2, 0.25) is 5.89 Å². The van der Waals surface area contributed by atoms with Crippen molar-refractivity contribution in [3.8, 4) is 22.8 Å². The normalized spacial score (nSPS) is 10.6. The molecule has 0 fully saturated rings. The quantitative estimate of drug-likeness (QED) is 0.720. The molecule has 2 N–H and O–H groups in total. The van der Waals surface area contributed by atoms with Crippen LogP contribution in [0.4, 0.5) is 4.39 Å². The van der Waals surface area contributed by atoms with Gasteiger partial charge in [0.15, 0.2) is 5.76 Å². The number of rotatable bonds is 3. The summed E-state index contributed by atoms with van der Waals surface area (Å²) < 4.78 is 19.3. The Hall–Kier alpha value is -2.44. The van der Waals surface area contributed by atoms with Gasteiger partial charge in [-0.1, -0.05) is 36.4 Å². The zero-order chi connectivity index (χ0) is 14.8. The monoisotopic (exact) mass is 283 g/mol. The molecule has 104 valence electrons. The van der Waals surface area contributed by atoms with Crippen LogP contribution >= 0.6 is 0 Å². The molecule has 0 aliphatic heterocycles. The van der Waals surface area contributed by atoms with Gasteiger partial charge in [0.05, 0.1) is 6.20 Å². The minimum atomic E-state index is -1.84. The van der Waals surface area contributed by atoms with Crippen molar-refractivity contribution in [1.29, 1.82) is 0 Å². The van der Waals surface area contributed by atoms with Gasteiger partial charge in [0, 0.05) is 16.6 Å². The van der Waals surface area contributed by atoms with Crippen LogP contribution in [0.15, 0.2) is 59.1 Å². The lowest BCUT2D eigenvalue weighted by atomic mass is 9.79. The summed E-state index contributed by atoms with van der Waals surface area (Å²) in [5.41, 5.74) is 1.12. The average Bonchev–Trinajstić information content (AvgIpc) is 2.97. The minimum Gasteiger partial charge on any atom is -0.436 e. The molecule has 0 saturated carbocycles. The lowest BCUT2D eigenvalue weighted by molar-refractivity contribution is 0.423. The molecule has 3 rings (SSSR count). The van der Waals surface area contributed by atoms with Crippen LogP contribution in [-0.2, 0) is 0 Å². The summed E-state index contributed by atoms with van der Waals surface area (Å²) in [5, 5.41) is 18.0. The lowest BCUT2D eigenvalue weighted by Crippen LogP contribution is -2.32. The van der Waals surface area contributed by atoms with E-state index in [-0.39, 0.29) is 11.4 Å². The van der Waals surface area contributed by atoms with E-state index in [4.69, 9.17) is 14.5 Å². The number of oxazole rings is 1. The highest BCUT2D eigenvalue weighted by Gasteiger charge is 2.18. The largest absolute Gasteiger partial charge is 0.491 e. The predicted octanol–water partition coefficient (Wildman–Crippen LogP) is 1.83. The number of hydrogen-bond acceptors (Lipinski definition) is 4. The Labute approximate surface area is 120 Å². The molecule has 3 aromatic rings. The number of hydrogen-bond donors (Lipinski definition) is 2. The van der Waals surface area contributed by atoms with Crippen molar-refractivity contribution >= 4 is 12.6 Å². The molecule has 6 heteroatoms. The van der Waals surface area contributed by atoms with Crippen LogP contribution in [-0.4, -0.2) is 22.2 Å². The van der Waals surface area contributed by atoms with Crippen molar-refractivity contribution in [3.63, 3.8) is 0 Å². The highest BCUT2D eigenvalue weighted by atomic mass is 19.1. The third-order valence-corrected chi connectivity index (χ3v) is 3.09. The molecule has 0 amide bonds. The smallest absolute Gasteiger partial charge is 0.436 e. The first-order valence-corrected chi connectivity index (χ1v) is 6.32. The van der Waals surface area contributed by atoms with E-state index in [0.717, 1.165) is 11.6 Å². The van der Waals surface area contributed by atoms with Crippen LogP contribution in [0.25, 0.3) is 22.8 Å². The number of aromatic nitrogens is 1. The Balaban J connectivity index is 1.95. The molecule has 1 aromatic heterocycles. The summed E-state index contributed by atoms with van der Waals surface area (Å²) in [6.07, 6.45) is 1.57. The fourth-order valence-electron chi connectivity index (χ4n) is 2.01.